The average Bonchev–Trinajstić information content (AvgIpc) is 2.43. The van der Waals surface area contributed by atoms with Gasteiger partial charge in [0, 0.05) is 5.56 Å². The van der Waals surface area contributed by atoms with Crippen LogP contribution >= 0.6 is 15.9 Å². The van der Waals surface area contributed by atoms with Gasteiger partial charge in [-0.1, -0.05) is 17.7 Å². The van der Waals surface area contributed by atoms with Gasteiger partial charge < -0.3 is 5.11 Å². The molecule has 2 N–H and O–H groups in total. The van der Waals surface area contributed by atoms with E-state index in [1.54, 1.807) is 30.3 Å². The van der Waals surface area contributed by atoms with Crippen LogP contribution in [0.4, 0.5) is 0 Å². The minimum atomic E-state index is -0.265. The first-order valence-corrected chi connectivity index (χ1v) is 6.74. The fourth-order valence-electron chi connectivity index (χ4n) is 1.54. The number of hydrogen-bond acceptors (Lipinski definition) is 3. The molecule has 0 radical (unpaired) electrons. The Hall–Kier alpha value is -2.14. The second-order valence-electron chi connectivity index (χ2n) is 4.28. The number of phenolic OH excluding ortho intramolecular Hbond substituents is 1. The molecule has 0 aliphatic heterocycles. The molecule has 0 bridgehead atoms. The normalized spacial score (nSPS) is 10.7. The van der Waals surface area contributed by atoms with Crippen molar-refractivity contribution >= 4 is 28.1 Å². The van der Waals surface area contributed by atoms with E-state index in [2.05, 4.69) is 26.5 Å². The Morgan fingerprint density at radius 2 is 1.95 bits per heavy atom. The summed E-state index contributed by atoms with van der Waals surface area (Å²) in [6.45, 7) is 1.96. The second kappa shape index (κ2) is 6.34. The third kappa shape index (κ3) is 3.68. The lowest BCUT2D eigenvalue weighted by atomic mass is 10.1. The number of halogens is 1. The van der Waals surface area contributed by atoms with Gasteiger partial charge in [0.25, 0.3) is 5.91 Å². The molecule has 102 valence electrons. The highest BCUT2D eigenvalue weighted by molar-refractivity contribution is 9.10. The van der Waals surface area contributed by atoms with Crippen LogP contribution in [0.2, 0.25) is 0 Å². The number of hydrazone groups is 1. The van der Waals surface area contributed by atoms with Crippen LogP contribution in [-0.4, -0.2) is 17.2 Å². The maximum atomic E-state index is 11.8. The summed E-state index contributed by atoms with van der Waals surface area (Å²) in [7, 11) is 0. The van der Waals surface area contributed by atoms with E-state index in [0.29, 0.717) is 10.0 Å². The summed E-state index contributed by atoms with van der Waals surface area (Å²) >= 11 is 3.21. The van der Waals surface area contributed by atoms with Crippen molar-refractivity contribution < 1.29 is 9.90 Å². The predicted molar refractivity (Wildman–Crippen MR) is 82.0 cm³/mol. The fraction of sp³-hybridized carbons (Fsp3) is 0.0667. The largest absolute Gasteiger partial charge is 0.507 e. The molecule has 0 saturated carbocycles. The third-order valence-electron chi connectivity index (χ3n) is 2.67. The lowest BCUT2D eigenvalue weighted by molar-refractivity contribution is 0.0955. The van der Waals surface area contributed by atoms with Gasteiger partial charge in [-0.25, -0.2) is 5.43 Å². The van der Waals surface area contributed by atoms with Gasteiger partial charge >= 0.3 is 0 Å². The van der Waals surface area contributed by atoms with E-state index >= 15 is 0 Å². The molecule has 0 aromatic heterocycles. The number of nitrogens with zero attached hydrogens (tertiary/aromatic N) is 1. The van der Waals surface area contributed by atoms with Gasteiger partial charge in [-0.2, -0.15) is 5.10 Å². The molecule has 0 atom stereocenters. The minimum absolute atomic E-state index is 0.158. The molecule has 0 aliphatic rings. The Morgan fingerprint density at radius 1 is 1.25 bits per heavy atom. The van der Waals surface area contributed by atoms with Gasteiger partial charge in [-0.3, -0.25) is 4.79 Å². The molecule has 0 aliphatic carbocycles. The summed E-state index contributed by atoms with van der Waals surface area (Å²) < 4.78 is 0.575. The number of phenols is 1. The first-order valence-electron chi connectivity index (χ1n) is 5.95. The van der Waals surface area contributed by atoms with Crippen molar-refractivity contribution in [1.29, 1.82) is 0 Å². The van der Waals surface area contributed by atoms with Crippen molar-refractivity contribution in [2.45, 2.75) is 6.92 Å². The van der Waals surface area contributed by atoms with E-state index in [9.17, 15) is 9.90 Å². The predicted octanol–water partition coefficient (Wildman–Crippen LogP) is 3.23. The Kier molecular flexibility index (Phi) is 4.53. The number of carbonyl (C=O) groups excluding carboxylic acids is 1. The van der Waals surface area contributed by atoms with Gasteiger partial charge in [0.05, 0.1) is 10.7 Å². The highest BCUT2D eigenvalue weighted by Crippen LogP contribution is 2.23. The number of aryl methyl sites for hydroxylation is 1. The summed E-state index contributed by atoms with van der Waals surface area (Å²) in [4.78, 5) is 11.8. The number of hydrogen-bond donors (Lipinski definition) is 2. The maximum absolute atomic E-state index is 11.8. The fourth-order valence-corrected chi connectivity index (χ4v) is 1.93. The van der Waals surface area contributed by atoms with E-state index in [-0.39, 0.29) is 11.7 Å². The van der Waals surface area contributed by atoms with E-state index < -0.39 is 0 Å². The minimum Gasteiger partial charge on any atom is -0.507 e. The van der Waals surface area contributed by atoms with E-state index in [0.717, 1.165) is 11.1 Å². The Balaban J connectivity index is 2.00. The third-order valence-corrected chi connectivity index (χ3v) is 3.30. The zero-order chi connectivity index (χ0) is 14.5. The number of benzene rings is 2. The highest BCUT2D eigenvalue weighted by atomic mass is 79.9. The van der Waals surface area contributed by atoms with Crippen LogP contribution in [0.1, 0.15) is 21.5 Å². The highest BCUT2D eigenvalue weighted by Gasteiger charge is 2.02. The molecule has 0 saturated heterocycles. The van der Waals surface area contributed by atoms with E-state index in [4.69, 9.17) is 0 Å². The maximum Gasteiger partial charge on any atom is 0.271 e. The molecule has 5 heteroatoms. The van der Waals surface area contributed by atoms with Crippen molar-refractivity contribution in [1.82, 2.24) is 5.43 Å². The monoisotopic (exact) mass is 332 g/mol. The zero-order valence-corrected chi connectivity index (χ0v) is 12.4. The Labute approximate surface area is 125 Å². The van der Waals surface area contributed by atoms with Crippen molar-refractivity contribution in [3.05, 3.63) is 63.6 Å². The Morgan fingerprint density at radius 3 is 2.60 bits per heavy atom. The SMILES string of the molecule is Cc1ccc(C(=O)N/N=C/c2ccc(O)c(Br)c2)cc1. The van der Waals surface area contributed by atoms with Gasteiger partial charge in [0.2, 0.25) is 0 Å². The summed E-state index contributed by atoms with van der Waals surface area (Å²) in [5.74, 6) is -0.107. The molecule has 20 heavy (non-hydrogen) atoms. The van der Waals surface area contributed by atoms with E-state index in [1.165, 1.54) is 6.21 Å². The second-order valence-corrected chi connectivity index (χ2v) is 5.13. The van der Waals surface area contributed by atoms with Crippen molar-refractivity contribution in [2.75, 3.05) is 0 Å². The smallest absolute Gasteiger partial charge is 0.271 e. The molecule has 0 fully saturated rings. The van der Waals surface area contributed by atoms with Gasteiger partial charge in [-0.15, -0.1) is 0 Å². The van der Waals surface area contributed by atoms with Crippen LogP contribution in [0.3, 0.4) is 0 Å². The van der Waals surface area contributed by atoms with Gasteiger partial charge in [0.1, 0.15) is 5.75 Å². The number of aromatic hydroxyl groups is 1. The van der Waals surface area contributed by atoms with Gasteiger partial charge in [0.15, 0.2) is 0 Å². The zero-order valence-electron chi connectivity index (χ0n) is 10.8. The van der Waals surface area contributed by atoms with Crippen LogP contribution in [0, 0.1) is 6.92 Å². The van der Waals surface area contributed by atoms with Crippen LogP contribution in [-0.2, 0) is 0 Å². The number of amides is 1. The molecule has 2 aromatic rings. The molecular formula is C15H13BrN2O2. The Bertz CT molecular complexity index is 651. The summed E-state index contributed by atoms with van der Waals surface area (Å²) in [6, 6.07) is 12.2. The lowest BCUT2D eigenvalue weighted by Gasteiger charge is -2.01. The molecule has 0 spiro atoms. The average molecular weight is 333 g/mol. The van der Waals surface area contributed by atoms with Crippen LogP contribution < -0.4 is 5.43 Å². The number of rotatable bonds is 3. The molecule has 1 amide bonds. The van der Waals surface area contributed by atoms with Crippen molar-refractivity contribution in [3.8, 4) is 5.75 Å². The van der Waals surface area contributed by atoms with Crippen LogP contribution in [0.15, 0.2) is 52.0 Å². The molecule has 0 unspecified atom stereocenters. The quantitative estimate of drug-likeness (QED) is 0.669. The molecule has 2 rings (SSSR count). The molecule has 4 nitrogen and oxygen atoms in total. The van der Waals surface area contributed by atoms with Crippen molar-refractivity contribution in [3.63, 3.8) is 0 Å². The van der Waals surface area contributed by atoms with Crippen LogP contribution in [0.25, 0.3) is 0 Å². The number of nitrogens with one attached hydrogen (secondary N) is 1. The number of carbonyl (C=O) groups is 1. The van der Waals surface area contributed by atoms with Crippen molar-refractivity contribution in [2.24, 2.45) is 5.10 Å². The molecule has 2 aromatic carbocycles. The summed E-state index contributed by atoms with van der Waals surface area (Å²) in [5.41, 5.74) is 4.87. The van der Waals surface area contributed by atoms with Crippen LogP contribution in [0.5, 0.6) is 5.75 Å². The first kappa shape index (κ1) is 14.3. The summed E-state index contributed by atoms with van der Waals surface area (Å²) in [5, 5.41) is 13.3. The van der Waals surface area contributed by atoms with Gasteiger partial charge in [-0.05, 0) is 58.7 Å². The lowest BCUT2D eigenvalue weighted by Crippen LogP contribution is -2.17. The van der Waals surface area contributed by atoms with E-state index in [1.807, 2.05) is 19.1 Å². The first-order chi connectivity index (χ1) is 9.56. The standard InChI is InChI=1S/C15H13BrN2O2/c1-10-2-5-12(6-3-10)15(20)18-17-9-11-4-7-14(19)13(16)8-11/h2-9,19H,1H3,(H,18,20)/b17-9+. The summed E-state index contributed by atoms with van der Waals surface area (Å²) in [6.07, 6.45) is 1.51. The molecule has 0 heterocycles. The topological polar surface area (TPSA) is 61.7 Å². The molecular weight excluding hydrogens is 320 g/mol.